The molecule has 0 saturated carbocycles. The number of hydrogen-bond donors (Lipinski definition) is 2. The van der Waals surface area contributed by atoms with E-state index >= 15 is 0 Å². The van der Waals surface area contributed by atoms with Crippen molar-refractivity contribution in [2.24, 2.45) is 0 Å². The number of rotatable bonds is 7. The number of unbranched alkanes of at least 4 members (excludes halogenated alkanes) is 2. The van der Waals surface area contributed by atoms with Crippen LogP contribution in [0.4, 0.5) is 21.8 Å². The minimum Gasteiger partial charge on any atom is -0.369 e. The fraction of sp³-hybridized carbons (Fsp3) is 0.357. The van der Waals surface area contributed by atoms with Gasteiger partial charge in [0.15, 0.2) is 5.82 Å². The Morgan fingerprint density at radius 3 is 2.85 bits per heavy atom. The Morgan fingerprint density at radius 2 is 2.05 bits per heavy atom. The molecule has 20 heavy (non-hydrogen) atoms. The van der Waals surface area contributed by atoms with Gasteiger partial charge in [-0.25, -0.2) is 4.39 Å². The van der Waals surface area contributed by atoms with Crippen LogP contribution in [0.15, 0.2) is 30.5 Å². The van der Waals surface area contributed by atoms with Gasteiger partial charge < -0.3 is 10.6 Å². The van der Waals surface area contributed by atoms with E-state index in [-0.39, 0.29) is 11.8 Å². The normalized spacial score (nSPS) is 10.3. The minimum absolute atomic E-state index is 0.274. The van der Waals surface area contributed by atoms with Gasteiger partial charge in [-0.2, -0.15) is 10.1 Å². The summed E-state index contributed by atoms with van der Waals surface area (Å²) in [4.78, 5) is 4.24. The molecule has 0 aliphatic carbocycles. The van der Waals surface area contributed by atoms with Gasteiger partial charge in [-0.3, -0.25) is 0 Å². The van der Waals surface area contributed by atoms with E-state index in [1.165, 1.54) is 18.9 Å². The van der Waals surface area contributed by atoms with Gasteiger partial charge in [0.1, 0.15) is 5.82 Å². The molecule has 1 aromatic carbocycles. The number of nitrogens with zero attached hydrogens (tertiary/aromatic N) is 3. The predicted molar refractivity (Wildman–Crippen MR) is 77.5 cm³/mol. The highest BCUT2D eigenvalue weighted by atomic mass is 19.1. The second-order valence-electron chi connectivity index (χ2n) is 4.40. The molecule has 0 aliphatic heterocycles. The number of para-hydroxylation sites is 1. The Kier molecular flexibility index (Phi) is 5.23. The van der Waals surface area contributed by atoms with Crippen LogP contribution in [0.25, 0.3) is 0 Å². The maximum atomic E-state index is 13.5. The van der Waals surface area contributed by atoms with Crippen LogP contribution in [0.1, 0.15) is 26.2 Å². The van der Waals surface area contributed by atoms with Crippen molar-refractivity contribution in [2.45, 2.75) is 26.2 Å². The molecule has 0 bridgehead atoms. The van der Waals surface area contributed by atoms with Gasteiger partial charge in [-0.15, -0.1) is 5.10 Å². The molecular formula is C14H18FN5. The Bertz CT molecular complexity index is 547. The van der Waals surface area contributed by atoms with E-state index in [2.05, 4.69) is 32.7 Å². The lowest BCUT2D eigenvalue weighted by atomic mass is 10.2. The lowest BCUT2D eigenvalue weighted by Gasteiger charge is -2.07. The maximum Gasteiger partial charge on any atom is 0.249 e. The molecule has 0 radical (unpaired) electrons. The van der Waals surface area contributed by atoms with Crippen molar-refractivity contribution in [1.82, 2.24) is 15.2 Å². The standard InChI is InChI=1S/C14H18FN5/c1-2-3-6-9-16-13-10-17-20-14(19-13)18-12-8-5-4-7-11(12)15/h4-5,7-8,10H,2-3,6,9H2,1H3,(H2,16,18,19,20). The van der Waals surface area contributed by atoms with Gasteiger partial charge in [0.25, 0.3) is 0 Å². The number of aromatic nitrogens is 3. The Balaban J connectivity index is 1.97. The van der Waals surface area contributed by atoms with Crippen molar-refractivity contribution in [3.05, 3.63) is 36.3 Å². The number of nitrogens with one attached hydrogen (secondary N) is 2. The first-order valence-corrected chi connectivity index (χ1v) is 6.74. The zero-order valence-electron chi connectivity index (χ0n) is 11.4. The van der Waals surface area contributed by atoms with Gasteiger partial charge in [0.05, 0.1) is 11.9 Å². The van der Waals surface area contributed by atoms with E-state index in [0.717, 1.165) is 13.0 Å². The molecule has 5 nitrogen and oxygen atoms in total. The molecule has 0 spiro atoms. The van der Waals surface area contributed by atoms with Gasteiger partial charge in [-0.1, -0.05) is 31.9 Å². The number of benzene rings is 1. The van der Waals surface area contributed by atoms with Gasteiger partial charge in [0.2, 0.25) is 5.95 Å². The van der Waals surface area contributed by atoms with E-state index in [9.17, 15) is 4.39 Å². The van der Waals surface area contributed by atoms with Crippen LogP contribution in [0, 0.1) is 5.82 Å². The zero-order chi connectivity index (χ0) is 14.2. The smallest absolute Gasteiger partial charge is 0.249 e. The highest BCUT2D eigenvalue weighted by molar-refractivity contribution is 5.54. The maximum absolute atomic E-state index is 13.5. The topological polar surface area (TPSA) is 62.7 Å². The Morgan fingerprint density at radius 1 is 1.20 bits per heavy atom. The molecule has 1 heterocycles. The van der Waals surface area contributed by atoms with Crippen molar-refractivity contribution < 1.29 is 4.39 Å². The summed E-state index contributed by atoms with van der Waals surface area (Å²) in [5.74, 6) is 0.558. The largest absolute Gasteiger partial charge is 0.369 e. The van der Waals surface area contributed by atoms with Crippen molar-refractivity contribution in [2.75, 3.05) is 17.2 Å². The summed E-state index contributed by atoms with van der Waals surface area (Å²) in [5, 5.41) is 13.7. The van der Waals surface area contributed by atoms with Crippen molar-refractivity contribution in [3.63, 3.8) is 0 Å². The lowest BCUT2D eigenvalue weighted by Crippen LogP contribution is -2.07. The van der Waals surface area contributed by atoms with Gasteiger partial charge >= 0.3 is 0 Å². The summed E-state index contributed by atoms with van der Waals surface area (Å²) >= 11 is 0. The first kappa shape index (κ1) is 14.2. The summed E-state index contributed by atoms with van der Waals surface area (Å²) in [6.45, 7) is 2.99. The molecule has 6 heteroatoms. The summed E-state index contributed by atoms with van der Waals surface area (Å²) in [5.41, 5.74) is 0.331. The number of anilines is 3. The van der Waals surface area contributed by atoms with Crippen molar-refractivity contribution in [1.29, 1.82) is 0 Å². The molecule has 0 amide bonds. The first-order valence-electron chi connectivity index (χ1n) is 6.74. The highest BCUT2D eigenvalue weighted by Crippen LogP contribution is 2.16. The average Bonchev–Trinajstić information content (AvgIpc) is 2.47. The van der Waals surface area contributed by atoms with Crippen LogP contribution in [-0.4, -0.2) is 21.7 Å². The van der Waals surface area contributed by atoms with E-state index in [1.54, 1.807) is 24.4 Å². The summed E-state index contributed by atoms with van der Waals surface area (Å²) in [6.07, 6.45) is 4.98. The molecule has 1 aromatic heterocycles. The van der Waals surface area contributed by atoms with E-state index < -0.39 is 0 Å². The van der Waals surface area contributed by atoms with Crippen LogP contribution < -0.4 is 10.6 Å². The molecule has 0 atom stereocenters. The summed E-state index contributed by atoms with van der Waals surface area (Å²) in [6, 6.07) is 6.37. The third-order valence-corrected chi connectivity index (χ3v) is 2.77. The van der Waals surface area contributed by atoms with Crippen LogP contribution in [0.3, 0.4) is 0 Å². The average molecular weight is 275 g/mol. The van der Waals surface area contributed by atoms with Crippen molar-refractivity contribution in [3.8, 4) is 0 Å². The first-order chi connectivity index (χ1) is 9.79. The highest BCUT2D eigenvalue weighted by Gasteiger charge is 2.04. The second-order valence-corrected chi connectivity index (χ2v) is 4.40. The molecule has 2 N–H and O–H groups in total. The van der Waals surface area contributed by atoms with Crippen LogP contribution in [0.2, 0.25) is 0 Å². The molecule has 2 aromatic rings. The summed E-state index contributed by atoms with van der Waals surface area (Å²) < 4.78 is 13.5. The fourth-order valence-electron chi connectivity index (χ4n) is 1.72. The second kappa shape index (κ2) is 7.37. The molecule has 0 fully saturated rings. The van der Waals surface area contributed by atoms with Gasteiger partial charge in [0, 0.05) is 6.54 Å². The van der Waals surface area contributed by atoms with E-state index in [1.807, 2.05) is 0 Å². The zero-order valence-corrected chi connectivity index (χ0v) is 11.4. The Labute approximate surface area is 117 Å². The third-order valence-electron chi connectivity index (χ3n) is 2.77. The van der Waals surface area contributed by atoms with E-state index in [4.69, 9.17) is 0 Å². The lowest BCUT2D eigenvalue weighted by molar-refractivity contribution is 0.631. The molecule has 106 valence electrons. The molecule has 2 rings (SSSR count). The predicted octanol–water partition coefficient (Wildman–Crippen LogP) is 3.36. The van der Waals surface area contributed by atoms with Crippen LogP contribution in [-0.2, 0) is 0 Å². The van der Waals surface area contributed by atoms with Gasteiger partial charge in [-0.05, 0) is 18.6 Å². The third kappa shape index (κ3) is 4.15. The number of halogens is 1. The molecule has 0 unspecified atom stereocenters. The monoisotopic (exact) mass is 275 g/mol. The summed E-state index contributed by atoms with van der Waals surface area (Å²) in [7, 11) is 0. The number of hydrogen-bond acceptors (Lipinski definition) is 5. The fourth-order valence-corrected chi connectivity index (χ4v) is 1.72. The molecule has 0 saturated heterocycles. The Hall–Kier alpha value is -2.24. The molecular weight excluding hydrogens is 257 g/mol. The van der Waals surface area contributed by atoms with Crippen molar-refractivity contribution >= 4 is 17.5 Å². The minimum atomic E-state index is -0.350. The molecule has 0 aliphatic rings. The van der Waals surface area contributed by atoms with Crippen LogP contribution in [0.5, 0.6) is 0 Å². The SMILES string of the molecule is CCCCCNc1cnnc(Nc2ccccc2F)n1. The quantitative estimate of drug-likeness (QED) is 0.759. The van der Waals surface area contributed by atoms with E-state index in [0.29, 0.717) is 11.5 Å². The van der Waals surface area contributed by atoms with Crippen LogP contribution >= 0.6 is 0 Å².